The Morgan fingerprint density at radius 2 is 2.23 bits per heavy atom. The van der Waals surface area contributed by atoms with Crippen LogP contribution in [-0.2, 0) is 16.0 Å². The molecule has 1 atom stereocenters. The van der Waals surface area contributed by atoms with E-state index in [9.17, 15) is 4.79 Å². The SMILES string of the molecule is CCCc1nc(N2CCC(C(=O)N[C@@H](C)COC)CC2)no1. The lowest BCUT2D eigenvalue weighted by atomic mass is 9.96. The van der Waals surface area contributed by atoms with Gasteiger partial charge in [0.1, 0.15) is 0 Å². The molecule has 1 aliphatic heterocycles. The van der Waals surface area contributed by atoms with Crippen molar-refractivity contribution in [1.82, 2.24) is 15.5 Å². The number of aryl methyl sites for hydroxylation is 1. The van der Waals surface area contributed by atoms with E-state index in [4.69, 9.17) is 9.26 Å². The molecule has 1 aliphatic rings. The van der Waals surface area contributed by atoms with Gasteiger partial charge in [-0.25, -0.2) is 0 Å². The Hall–Kier alpha value is -1.63. The summed E-state index contributed by atoms with van der Waals surface area (Å²) in [6.07, 6.45) is 3.42. The van der Waals surface area contributed by atoms with E-state index >= 15 is 0 Å². The predicted octanol–water partition coefficient (Wildman–Crippen LogP) is 1.39. The molecular weight excluding hydrogens is 284 g/mol. The van der Waals surface area contributed by atoms with E-state index in [1.807, 2.05) is 6.92 Å². The number of carbonyl (C=O) groups is 1. The summed E-state index contributed by atoms with van der Waals surface area (Å²) >= 11 is 0. The molecule has 0 aromatic carbocycles. The van der Waals surface area contributed by atoms with Crippen molar-refractivity contribution < 1.29 is 14.1 Å². The monoisotopic (exact) mass is 310 g/mol. The van der Waals surface area contributed by atoms with Gasteiger partial charge in [0.25, 0.3) is 5.95 Å². The van der Waals surface area contributed by atoms with Crippen LogP contribution >= 0.6 is 0 Å². The number of hydrogen-bond donors (Lipinski definition) is 1. The molecule has 0 unspecified atom stereocenters. The molecule has 0 aliphatic carbocycles. The zero-order chi connectivity index (χ0) is 15.9. The summed E-state index contributed by atoms with van der Waals surface area (Å²) in [7, 11) is 1.64. The molecule has 2 heterocycles. The van der Waals surface area contributed by atoms with Gasteiger partial charge in [-0.1, -0.05) is 6.92 Å². The molecule has 1 aromatic rings. The highest BCUT2D eigenvalue weighted by atomic mass is 16.5. The van der Waals surface area contributed by atoms with Crippen molar-refractivity contribution >= 4 is 11.9 Å². The first kappa shape index (κ1) is 16.7. The molecule has 0 bridgehead atoms. The summed E-state index contributed by atoms with van der Waals surface area (Å²) in [5.41, 5.74) is 0. The molecule has 1 amide bonds. The van der Waals surface area contributed by atoms with E-state index in [-0.39, 0.29) is 17.9 Å². The molecule has 22 heavy (non-hydrogen) atoms. The Kier molecular flexibility index (Phi) is 6.18. The van der Waals surface area contributed by atoms with Crippen LogP contribution in [-0.4, -0.2) is 48.9 Å². The molecule has 2 rings (SSSR count). The van der Waals surface area contributed by atoms with E-state index in [1.54, 1.807) is 7.11 Å². The second-order valence-corrected chi connectivity index (χ2v) is 5.86. The first-order chi connectivity index (χ1) is 10.6. The van der Waals surface area contributed by atoms with Gasteiger partial charge in [0.2, 0.25) is 11.8 Å². The largest absolute Gasteiger partial charge is 0.383 e. The number of anilines is 1. The number of methoxy groups -OCH3 is 1. The summed E-state index contributed by atoms with van der Waals surface area (Å²) in [4.78, 5) is 18.7. The van der Waals surface area contributed by atoms with Gasteiger partial charge < -0.3 is 19.5 Å². The van der Waals surface area contributed by atoms with Crippen LogP contribution in [0.5, 0.6) is 0 Å². The second-order valence-electron chi connectivity index (χ2n) is 5.86. The van der Waals surface area contributed by atoms with Crippen LogP contribution in [0.2, 0.25) is 0 Å². The first-order valence-electron chi connectivity index (χ1n) is 8.00. The maximum Gasteiger partial charge on any atom is 0.266 e. The van der Waals surface area contributed by atoms with Crippen LogP contribution in [0.1, 0.15) is 39.0 Å². The Bertz CT molecular complexity index is 469. The first-order valence-corrected chi connectivity index (χ1v) is 8.00. The number of amides is 1. The van der Waals surface area contributed by atoms with Crippen molar-refractivity contribution in [2.75, 3.05) is 31.7 Å². The molecule has 7 heteroatoms. The summed E-state index contributed by atoms with van der Waals surface area (Å²) in [6, 6.07) is 0.0457. The fourth-order valence-corrected chi connectivity index (χ4v) is 2.68. The van der Waals surface area contributed by atoms with Gasteiger partial charge in [0.05, 0.1) is 6.61 Å². The maximum absolute atomic E-state index is 12.2. The third-order valence-corrected chi connectivity index (χ3v) is 3.88. The number of ether oxygens (including phenoxy) is 1. The highest BCUT2D eigenvalue weighted by molar-refractivity contribution is 5.79. The van der Waals surface area contributed by atoms with Gasteiger partial charge in [-0.15, -0.1) is 0 Å². The molecule has 0 spiro atoms. The molecule has 1 saturated heterocycles. The van der Waals surface area contributed by atoms with E-state index in [2.05, 4.69) is 27.3 Å². The van der Waals surface area contributed by atoms with Crippen LogP contribution in [0.25, 0.3) is 0 Å². The van der Waals surface area contributed by atoms with Crippen LogP contribution in [0.3, 0.4) is 0 Å². The summed E-state index contributed by atoms with van der Waals surface area (Å²) < 4.78 is 10.3. The van der Waals surface area contributed by atoms with Crippen LogP contribution < -0.4 is 10.2 Å². The molecule has 1 aromatic heterocycles. The van der Waals surface area contributed by atoms with Crippen LogP contribution in [0.15, 0.2) is 4.52 Å². The highest BCUT2D eigenvalue weighted by Crippen LogP contribution is 2.21. The van der Waals surface area contributed by atoms with E-state index in [0.29, 0.717) is 18.4 Å². The molecule has 0 saturated carbocycles. The quantitative estimate of drug-likeness (QED) is 0.820. The third kappa shape index (κ3) is 4.43. The number of rotatable bonds is 7. The highest BCUT2D eigenvalue weighted by Gasteiger charge is 2.27. The Balaban J connectivity index is 1.80. The number of hydrogen-bond acceptors (Lipinski definition) is 6. The zero-order valence-corrected chi connectivity index (χ0v) is 13.7. The standard InChI is InChI=1S/C15H26N4O3/c1-4-5-13-17-15(18-22-13)19-8-6-12(7-9-19)14(20)16-11(2)10-21-3/h11-12H,4-10H2,1-3H3,(H,16,20)/t11-/m0/s1. The summed E-state index contributed by atoms with van der Waals surface area (Å²) in [5, 5.41) is 7.02. The Morgan fingerprint density at radius 3 is 2.86 bits per heavy atom. The fraction of sp³-hybridized carbons (Fsp3) is 0.800. The smallest absolute Gasteiger partial charge is 0.266 e. The lowest BCUT2D eigenvalue weighted by molar-refractivity contribution is -0.126. The lowest BCUT2D eigenvalue weighted by Crippen LogP contribution is -2.44. The number of nitrogens with zero attached hydrogens (tertiary/aromatic N) is 3. The zero-order valence-electron chi connectivity index (χ0n) is 13.7. The predicted molar refractivity (Wildman–Crippen MR) is 82.7 cm³/mol. The minimum atomic E-state index is 0.0457. The van der Waals surface area contributed by atoms with Crippen molar-refractivity contribution in [2.45, 2.75) is 45.6 Å². The van der Waals surface area contributed by atoms with Crippen LogP contribution in [0, 0.1) is 5.92 Å². The number of nitrogens with one attached hydrogen (secondary N) is 1. The topological polar surface area (TPSA) is 80.5 Å². The Morgan fingerprint density at radius 1 is 1.50 bits per heavy atom. The van der Waals surface area contributed by atoms with Crippen molar-refractivity contribution in [3.63, 3.8) is 0 Å². The van der Waals surface area contributed by atoms with E-state index in [0.717, 1.165) is 38.8 Å². The molecule has 1 fully saturated rings. The number of piperidine rings is 1. The van der Waals surface area contributed by atoms with Gasteiger partial charge in [-0.3, -0.25) is 4.79 Å². The fourth-order valence-electron chi connectivity index (χ4n) is 2.68. The number of aromatic nitrogens is 2. The summed E-state index contributed by atoms with van der Waals surface area (Å²) in [6.45, 7) is 6.13. The van der Waals surface area contributed by atoms with Gasteiger partial charge >= 0.3 is 0 Å². The van der Waals surface area contributed by atoms with Gasteiger partial charge in [0.15, 0.2) is 0 Å². The average molecular weight is 310 g/mol. The van der Waals surface area contributed by atoms with Crippen LogP contribution in [0.4, 0.5) is 5.95 Å². The Labute approximate surface area is 131 Å². The minimum Gasteiger partial charge on any atom is -0.383 e. The second kappa shape index (κ2) is 8.12. The van der Waals surface area contributed by atoms with Crippen molar-refractivity contribution in [1.29, 1.82) is 0 Å². The number of carbonyl (C=O) groups excluding carboxylic acids is 1. The average Bonchev–Trinajstić information content (AvgIpc) is 2.96. The maximum atomic E-state index is 12.2. The van der Waals surface area contributed by atoms with Gasteiger partial charge in [0, 0.05) is 38.6 Å². The van der Waals surface area contributed by atoms with E-state index in [1.165, 1.54) is 0 Å². The van der Waals surface area contributed by atoms with E-state index < -0.39 is 0 Å². The molecule has 1 N–H and O–H groups in total. The van der Waals surface area contributed by atoms with Gasteiger partial charge in [-0.2, -0.15) is 4.98 Å². The van der Waals surface area contributed by atoms with Crippen molar-refractivity contribution in [3.8, 4) is 0 Å². The molecular formula is C15H26N4O3. The summed E-state index contributed by atoms with van der Waals surface area (Å²) in [5.74, 6) is 1.50. The van der Waals surface area contributed by atoms with Crippen molar-refractivity contribution in [3.05, 3.63) is 5.89 Å². The normalized spacial score (nSPS) is 17.5. The molecule has 124 valence electrons. The third-order valence-electron chi connectivity index (χ3n) is 3.88. The van der Waals surface area contributed by atoms with Crippen molar-refractivity contribution in [2.24, 2.45) is 5.92 Å². The van der Waals surface area contributed by atoms with Gasteiger partial charge in [-0.05, 0) is 31.3 Å². The molecule has 0 radical (unpaired) electrons. The molecule has 7 nitrogen and oxygen atoms in total. The lowest BCUT2D eigenvalue weighted by Gasteiger charge is -2.30. The minimum absolute atomic E-state index is 0.0457.